The van der Waals surface area contributed by atoms with Gasteiger partial charge in [0.15, 0.2) is 11.5 Å². The molecule has 1 aromatic carbocycles. The van der Waals surface area contributed by atoms with Crippen LogP contribution in [0.1, 0.15) is 32.6 Å². The molecule has 2 atom stereocenters. The molecule has 41 heavy (non-hydrogen) atoms. The number of hydrogen-bond donors (Lipinski definition) is 3. The smallest absolute Gasteiger partial charge is 0.317 e. The van der Waals surface area contributed by atoms with E-state index >= 15 is 0 Å². The van der Waals surface area contributed by atoms with Crippen LogP contribution in [0.25, 0.3) is 0 Å². The quantitative estimate of drug-likeness (QED) is 0.363. The first kappa shape index (κ1) is 28.8. The Morgan fingerprint density at radius 3 is 2.73 bits per heavy atom. The van der Waals surface area contributed by atoms with Crippen LogP contribution in [-0.2, 0) is 9.47 Å². The van der Waals surface area contributed by atoms with Crippen molar-refractivity contribution in [1.29, 1.82) is 0 Å². The number of urea groups is 1. The van der Waals surface area contributed by atoms with E-state index in [-0.39, 0.29) is 18.0 Å². The highest BCUT2D eigenvalue weighted by molar-refractivity contribution is 6.10. The van der Waals surface area contributed by atoms with Gasteiger partial charge in [0.25, 0.3) is 0 Å². The highest BCUT2D eigenvalue weighted by Crippen LogP contribution is 2.25. The predicted molar refractivity (Wildman–Crippen MR) is 165 cm³/mol. The van der Waals surface area contributed by atoms with Crippen LogP contribution < -0.4 is 16.4 Å². The molecule has 5 rings (SSSR count). The van der Waals surface area contributed by atoms with Crippen LogP contribution in [0.4, 0.5) is 16.2 Å². The second kappa shape index (κ2) is 13.8. The van der Waals surface area contributed by atoms with Gasteiger partial charge < -0.3 is 35.6 Å². The average Bonchev–Trinajstić information content (AvgIpc) is 2.99. The van der Waals surface area contributed by atoms with Crippen molar-refractivity contribution in [1.82, 2.24) is 15.1 Å². The van der Waals surface area contributed by atoms with Crippen LogP contribution in [0.15, 0.2) is 77.4 Å². The largest absolute Gasteiger partial charge is 0.486 e. The molecule has 4 aliphatic rings. The minimum absolute atomic E-state index is 0.0542. The highest BCUT2D eigenvalue weighted by Gasteiger charge is 2.26. The Balaban J connectivity index is 1.17. The molecule has 0 aromatic heterocycles. The van der Waals surface area contributed by atoms with Crippen LogP contribution in [0.5, 0.6) is 0 Å². The van der Waals surface area contributed by atoms with E-state index in [1.807, 2.05) is 47.4 Å². The number of benzene rings is 1. The summed E-state index contributed by atoms with van der Waals surface area (Å²) < 4.78 is 11.4. The Hall–Kier alpha value is -3.72. The summed E-state index contributed by atoms with van der Waals surface area (Å²) in [5.41, 5.74) is 9.04. The minimum atomic E-state index is -0.125. The van der Waals surface area contributed by atoms with Gasteiger partial charge in [0, 0.05) is 25.6 Å². The monoisotopic (exact) mass is 560 g/mol. The highest BCUT2D eigenvalue weighted by atomic mass is 16.6. The van der Waals surface area contributed by atoms with E-state index in [1.165, 1.54) is 12.8 Å². The van der Waals surface area contributed by atoms with Gasteiger partial charge >= 0.3 is 6.03 Å². The van der Waals surface area contributed by atoms with Crippen LogP contribution in [0.3, 0.4) is 0 Å². The summed E-state index contributed by atoms with van der Waals surface area (Å²) in [6.45, 7) is 12.8. The van der Waals surface area contributed by atoms with Crippen molar-refractivity contribution in [2.45, 2.75) is 38.6 Å². The maximum absolute atomic E-state index is 13.6. The van der Waals surface area contributed by atoms with Crippen molar-refractivity contribution in [2.75, 3.05) is 63.5 Å². The van der Waals surface area contributed by atoms with E-state index in [0.717, 1.165) is 54.9 Å². The van der Waals surface area contributed by atoms with E-state index in [0.29, 0.717) is 50.7 Å². The number of para-hydroxylation sites is 2. The molecular formula is C32H44N6O3. The molecule has 1 aromatic rings. The molecule has 9 heteroatoms. The molecule has 0 radical (unpaired) electrons. The lowest BCUT2D eigenvalue weighted by molar-refractivity contribution is 0.0561. The Kier molecular flexibility index (Phi) is 9.67. The number of nitrogens with one attached hydrogen (secondary N) is 2. The summed E-state index contributed by atoms with van der Waals surface area (Å²) in [4.78, 5) is 22.8. The van der Waals surface area contributed by atoms with Crippen LogP contribution >= 0.6 is 0 Å². The van der Waals surface area contributed by atoms with E-state index in [4.69, 9.17) is 20.2 Å². The molecule has 4 N–H and O–H groups in total. The molecular weight excluding hydrogens is 516 g/mol. The fourth-order valence-corrected chi connectivity index (χ4v) is 5.61. The zero-order chi connectivity index (χ0) is 28.6. The normalized spacial score (nSPS) is 22.7. The van der Waals surface area contributed by atoms with Crippen molar-refractivity contribution in [2.24, 2.45) is 16.8 Å². The Labute approximate surface area is 243 Å². The number of nitrogen functional groups attached to an aromatic ring is 1. The number of nitrogens with two attached hydrogens (primary N) is 1. The van der Waals surface area contributed by atoms with Crippen molar-refractivity contribution >= 4 is 23.1 Å². The number of fused-ring (bicyclic) bond motifs is 1. The minimum Gasteiger partial charge on any atom is -0.486 e. The zero-order valence-corrected chi connectivity index (χ0v) is 24.2. The van der Waals surface area contributed by atoms with Gasteiger partial charge in [0.2, 0.25) is 0 Å². The number of carbonyl (C=O) groups is 1. The van der Waals surface area contributed by atoms with E-state index in [9.17, 15) is 4.79 Å². The van der Waals surface area contributed by atoms with Gasteiger partial charge in [0.05, 0.1) is 28.8 Å². The van der Waals surface area contributed by atoms with Crippen molar-refractivity contribution in [3.05, 3.63) is 72.4 Å². The number of ether oxygens (including phenoxy) is 2. The SMILES string of the molecule is C=C(Nc1ccccc1N)C1=NCC(CN(CCCN2CCC(C)CC2)C(=O)NC2C=C3OCCOC3=CC2)C=C1. The van der Waals surface area contributed by atoms with Gasteiger partial charge in [-0.2, -0.15) is 0 Å². The van der Waals surface area contributed by atoms with Gasteiger partial charge in [-0.3, -0.25) is 4.99 Å². The standard InChI is InChI=1S/C32H44N6O3/c1-23-12-16-37(17-13-23)14-5-15-38(32(39)36-26-9-11-30-31(20-26)41-19-18-40-30)22-25-8-10-28(34-21-25)24(2)35-29-7-4-3-6-27(29)33/h3-4,6-8,10-11,20,23,25-26,35H,2,5,9,12-19,21-22,33H2,1H3,(H,36,39). The molecule has 0 saturated carbocycles. The molecule has 2 amide bonds. The third kappa shape index (κ3) is 7.94. The molecule has 2 fully saturated rings. The van der Waals surface area contributed by atoms with Crippen LogP contribution in [0.2, 0.25) is 0 Å². The lowest BCUT2D eigenvalue weighted by Crippen LogP contribution is -2.48. The van der Waals surface area contributed by atoms with Gasteiger partial charge in [-0.15, -0.1) is 0 Å². The number of hydrogen-bond acceptors (Lipinski definition) is 7. The van der Waals surface area contributed by atoms with Crippen molar-refractivity contribution < 1.29 is 14.3 Å². The lowest BCUT2D eigenvalue weighted by atomic mass is 9.99. The molecule has 3 heterocycles. The number of nitrogens with zero attached hydrogens (tertiary/aromatic N) is 3. The summed E-state index contributed by atoms with van der Waals surface area (Å²) >= 11 is 0. The molecule has 2 saturated heterocycles. The second-order valence-corrected chi connectivity index (χ2v) is 11.4. The van der Waals surface area contributed by atoms with Crippen molar-refractivity contribution in [3.63, 3.8) is 0 Å². The maximum atomic E-state index is 13.6. The topological polar surface area (TPSA) is 104 Å². The summed E-state index contributed by atoms with van der Waals surface area (Å²) in [6, 6.07) is 7.43. The van der Waals surface area contributed by atoms with Crippen LogP contribution in [0, 0.1) is 11.8 Å². The summed E-state index contributed by atoms with van der Waals surface area (Å²) in [6.07, 6.45) is 12.2. The molecule has 3 aliphatic heterocycles. The number of amides is 2. The number of dihydropyridines is 1. The number of allylic oxidation sites excluding steroid dienone is 1. The summed E-state index contributed by atoms with van der Waals surface area (Å²) in [5.74, 6) is 2.44. The number of carbonyl (C=O) groups excluding carboxylic acids is 1. The molecule has 1 aliphatic carbocycles. The first-order valence-electron chi connectivity index (χ1n) is 14.9. The Morgan fingerprint density at radius 1 is 1.20 bits per heavy atom. The first-order chi connectivity index (χ1) is 19.9. The molecule has 0 spiro atoms. The van der Waals surface area contributed by atoms with Crippen molar-refractivity contribution in [3.8, 4) is 0 Å². The molecule has 2 unspecified atom stereocenters. The average molecular weight is 561 g/mol. The van der Waals surface area contributed by atoms with E-state index in [1.54, 1.807) is 0 Å². The summed E-state index contributed by atoms with van der Waals surface area (Å²) in [7, 11) is 0. The number of aliphatic imine (C=N–C) groups is 1. The van der Waals surface area contributed by atoms with Crippen LogP contribution in [-0.4, -0.2) is 80.1 Å². The Morgan fingerprint density at radius 2 is 1.98 bits per heavy atom. The number of rotatable bonds is 10. The maximum Gasteiger partial charge on any atom is 0.317 e. The van der Waals surface area contributed by atoms with Gasteiger partial charge in [-0.1, -0.05) is 31.7 Å². The molecule has 0 bridgehead atoms. The molecule has 220 valence electrons. The Bertz CT molecular complexity index is 1210. The number of piperidine rings is 1. The van der Waals surface area contributed by atoms with E-state index in [2.05, 4.69) is 35.1 Å². The fourth-order valence-electron chi connectivity index (χ4n) is 5.61. The summed E-state index contributed by atoms with van der Waals surface area (Å²) in [5, 5.41) is 6.49. The second-order valence-electron chi connectivity index (χ2n) is 11.4. The van der Waals surface area contributed by atoms with Gasteiger partial charge in [-0.05, 0) is 81.6 Å². The number of anilines is 2. The predicted octanol–water partition coefficient (Wildman–Crippen LogP) is 4.54. The zero-order valence-electron chi connectivity index (χ0n) is 24.2. The fraction of sp³-hybridized carbons (Fsp3) is 0.500. The number of likely N-dealkylation sites (tertiary alicyclic amines) is 1. The third-order valence-corrected chi connectivity index (χ3v) is 8.16. The van der Waals surface area contributed by atoms with Gasteiger partial charge in [-0.25, -0.2) is 4.79 Å². The molecule has 9 nitrogen and oxygen atoms in total. The third-order valence-electron chi connectivity index (χ3n) is 8.16. The first-order valence-corrected chi connectivity index (χ1v) is 14.9. The lowest BCUT2D eigenvalue weighted by Gasteiger charge is -2.33. The van der Waals surface area contributed by atoms with Gasteiger partial charge in [0.1, 0.15) is 13.2 Å². The van der Waals surface area contributed by atoms with E-state index < -0.39 is 0 Å².